The Kier molecular flexibility index (Phi) is 6.90. The number of hydrogen-bond acceptors (Lipinski definition) is 7. The molecular formula is C28H32FN7O2. The number of rotatable bonds is 7. The van der Waals surface area contributed by atoms with Crippen LogP contribution in [0.15, 0.2) is 53.3 Å². The molecule has 198 valence electrons. The molecule has 1 N–H and O–H groups in total. The topological polar surface area (TPSA) is 92.2 Å². The molecule has 2 fully saturated rings. The lowest BCUT2D eigenvalue weighted by Crippen LogP contribution is -2.49. The van der Waals surface area contributed by atoms with Gasteiger partial charge in [-0.25, -0.2) is 9.07 Å². The van der Waals surface area contributed by atoms with Crippen LogP contribution in [0.3, 0.4) is 0 Å². The van der Waals surface area contributed by atoms with Crippen LogP contribution in [0.1, 0.15) is 42.8 Å². The van der Waals surface area contributed by atoms with Gasteiger partial charge in [0.25, 0.3) is 5.56 Å². The average molecular weight is 518 g/mol. The number of aryl methyl sites for hydroxylation is 1. The number of nitrogens with zero attached hydrogens (tertiary/aromatic N) is 6. The number of piperazine rings is 1. The molecule has 4 heterocycles. The Morgan fingerprint density at radius 1 is 1.11 bits per heavy atom. The quantitative estimate of drug-likeness (QED) is 0.402. The maximum absolute atomic E-state index is 13.5. The molecule has 0 spiro atoms. The summed E-state index contributed by atoms with van der Waals surface area (Å²) in [7, 11) is 0. The minimum atomic E-state index is -0.416. The monoisotopic (exact) mass is 517 g/mol. The molecule has 2 aromatic heterocycles. The van der Waals surface area contributed by atoms with Crippen molar-refractivity contribution in [2.75, 3.05) is 37.7 Å². The number of fused-ring (bicyclic) bond motifs is 1. The predicted octanol–water partition coefficient (Wildman–Crippen LogP) is 3.31. The van der Waals surface area contributed by atoms with Crippen LogP contribution >= 0.6 is 0 Å². The Bertz CT molecular complexity index is 1450. The van der Waals surface area contributed by atoms with E-state index in [9.17, 15) is 9.18 Å². The fraction of sp³-hybridized carbons (Fsp3) is 0.429. The molecule has 38 heavy (non-hydrogen) atoms. The number of halogens is 1. The maximum Gasteiger partial charge on any atom is 0.253 e. The highest BCUT2D eigenvalue weighted by atomic mass is 19.1. The lowest BCUT2D eigenvalue weighted by molar-refractivity contribution is 0.0906. The molecule has 0 saturated carbocycles. The number of aromatic amines is 1. The van der Waals surface area contributed by atoms with Crippen LogP contribution in [0.5, 0.6) is 0 Å². The zero-order valence-electron chi connectivity index (χ0n) is 21.5. The molecule has 2 aromatic carbocycles. The molecule has 0 amide bonds. The van der Waals surface area contributed by atoms with Crippen molar-refractivity contribution in [3.05, 3.63) is 81.7 Å². The molecular weight excluding hydrogens is 485 g/mol. The third-order valence-electron chi connectivity index (χ3n) is 7.72. The fourth-order valence-electron chi connectivity index (χ4n) is 5.60. The molecule has 9 nitrogen and oxygen atoms in total. The third kappa shape index (κ3) is 4.93. The van der Waals surface area contributed by atoms with Crippen LogP contribution in [0.25, 0.3) is 10.9 Å². The fourth-order valence-corrected chi connectivity index (χ4v) is 5.60. The summed E-state index contributed by atoms with van der Waals surface area (Å²) in [6.07, 6.45) is 2.98. The summed E-state index contributed by atoms with van der Waals surface area (Å²) >= 11 is 0. The molecule has 4 aromatic rings. The van der Waals surface area contributed by atoms with Gasteiger partial charge in [0.1, 0.15) is 11.9 Å². The first-order valence-corrected chi connectivity index (χ1v) is 13.4. The van der Waals surface area contributed by atoms with Crippen LogP contribution in [-0.4, -0.2) is 69.0 Å². The van der Waals surface area contributed by atoms with Crippen molar-refractivity contribution >= 4 is 16.6 Å². The van der Waals surface area contributed by atoms with E-state index >= 15 is 0 Å². The number of ether oxygens (including phenoxy) is 1. The summed E-state index contributed by atoms with van der Waals surface area (Å²) in [6.45, 7) is 6.29. The average Bonchev–Trinajstić information content (AvgIpc) is 3.63. The van der Waals surface area contributed by atoms with Gasteiger partial charge < -0.3 is 14.6 Å². The number of nitrogens with one attached hydrogen (secondary N) is 1. The minimum Gasteiger partial charge on any atom is -0.376 e. The Morgan fingerprint density at radius 3 is 2.66 bits per heavy atom. The number of aromatic nitrogens is 5. The van der Waals surface area contributed by atoms with E-state index in [-0.39, 0.29) is 17.5 Å². The first kappa shape index (κ1) is 24.7. The van der Waals surface area contributed by atoms with E-state index in [2.05, 4.69) is 43.3 Å². The summed E-state index contributed by atoms with van der Waals surface area (Å²) in [6, 6.07) is 14.3. The molecule has 2 saturated heterocycles. The highest BCUT2D eigenvalue weighted by Crippen LogP contribution is 2.30. The van der Waals surface area contributed by atoms with Crippen molar-refractivity contribution < 1.29 is 9.13 Å². The van der Waals surface area contributed by atoms with Gasteiger partial charge in [-0.15, -0.1) is 5.10 Å². The van der Waals surface area contributed by atoms with E-state index in [1.807, 2.05) is 30.3 Å². The van der Waals surface area contributed by atoms with E-state index in [4.69, 9.17) is 4.74 Å². The Morgan fingerprint density at radius 2 is 1.92 bits per heavy atom. The predicted molar refractivity (Wildman–Crippen MR) is 143 cm³/mol. The van der Waals surface area contributed by atoms with Gasteiger partial charge in [-0.3, -0.25) is 9.69 Å². The zero-order chi connectivity index (χ0) is 26.1. The van der Waals surface area contributed by atoms with E-state index < -0.39 is 6.04 Å². The van der Waals surface area contributed by atoms with E-state index in [0.29, 0.717) is 31.0 Å². The second-order valence-electron chi connectivity index (χ2n) is 10.1. The number of H-pyrrole nitrogens is 1. The van der Waals surface area contributed by atoms with Crippen LogP contribution < -0.4 is 10.5 Å². The van der Waals surface area contributed by atoms with E-state index in [1.54, 1.807) is 4.68 Å². The lowest BCUT2D eigenvalue weighted by atomic mass is 10.0. The van der Waals surface area contributed by atoms with Crippen LogP contribution in [-0.2, 0) is 17.7 Å². The normalized spacial score (nSPS) is 19.3. The molecule has 0 bridgehead atoms. The highest BCUT2D eigenvalue weighted by Gasteiger charge is 2.33. The minimum absolute atomic E-state index is 0.0650. The first-order chi connectivity index (χ1) is 18.6. The van der Waals surface area contributed by atoms with Crippen molar-refractivity contribution in [1.82, 2.24) is 30.1 Å². The van der Waals surface area contributed by atoms with Gasteiger partial charge >= 0.3 is 0 Å². The van der Waals surface area contributed by atoms with Crippen LogP contribution in [0.2, 0.25) is 0 Å². The van der Waals surface area contributed by atoms with Gasteiger partial charge in [0.2, 0.25) is 0 Å². The molecule has 2 aliphatic heterocycles. The van der Waals surface area contributed by atoms with Crippen LogP contribution in [0.4, 0.5) is 10.1 Å². The number of hydrogen-bond donors (Lipinski definition) is 1. The second kappa shape index (κ2) is 10.6. The molecule has 2 aliphatic rings. The van der Waals surface area contributed by atoms with Gasteiger partial charge in [0.05, 0.1) is 12.6 Å². The van der Waals surface area contributed by atoms with Gasteiger partial charge in [0, 0.05) is 49.6 Å². The SMILES string of the molecule is CCc1ccc2[nH]c(=O)c([C@H](c3nnnn3C[C@@H]3CCCO3)N3CCN(c4ccc(F)cc4)CC3)cc2c1. The number of pyridine rings is 1. The molecule has 0 unspecified atom stereocenters. The third-order valence-corrected chi connectivity index (χ3v) is 7.72. The van der Waals surface area contributed by atoms with Crippen LogP contribution in [0, 0.1) is 5.82 Å². The van der Waals surface area contributed by atoms with E-state index in [1.165, 1.54) is 17.7 Å². The number of anilines is 1. The largest absolute Gasteiger partial charge is 0.376 e. The van der Waals surface area contributed by atoms with Crippen molar-refractivity contribution in [3.8, 4) is 0 Å². The van der Waals surface area contributed by atoms with Gasteiger partial charge in [-0.05, 0) is 83.1 Å². The summed E-state index contributed by atoms with van der Waals surface area (Å²) in [5.41, 5.74) is 3.50. The molecule has 10 heteroatoms. The summed E-state index contributed by atoms with van der Waals surface area (Å²) < 4.78 is 21.1. The smallest absolute Gasteiger partial charge is 0.253 e. The Hall–Kier alpha value is -3.63. The highest BCUT2D eigenvalue weighted by molar-refractivity contribution is 5.80. The van der Waals surface area contributed by atoms with Gasteiger partial charge in [0.15, 0.2) is 5.82 Å². The van der Waals surface area contributed by atoms with Crippen molar-refractivity contribution in [1.29, 1.82) is 0 Å². The molecule has 0 aliphatic carbocycles. The standard InChI is InChI=1S/C28H32FN7O2/c1-2-19-5-10-25-20(16-19)17-24(28(37)30-25)26(27-31-32-33-36(27)18-23-4-3-15-38-23)35-13-11-34(12-14-35)22-8-6-21(29)7-9-22/h5-10,16-17,23,26H,2-4,11-15,18H2,1H3,(H,30,37)/t23-,26+/m0/s1. The lowest BCUT2D eigenvalue weighted by Gasteiger charge is -2.39. The zero-order valence-corrected chi connectivity index (χ0v) is 21.5. The maximum atomic E-state index is 13.5. The summed E-state index contributed by atoms with van der Waals surface area (Å²) in [5, 5.41) is 13.8. The Balaban J connectivity index is 1.36. The molecule has 2 atom stereocenters. The van der Waals surface area contributed by atoms with Crippen molar-refractivity contribution in [2.24, 2.45) is 0 Å². The van der Waals surface area contributed by atoms with Gasteiger partial charge in [-0.2, -0.15) is 0 Å². The van der Waals surface area contributed by atoms with E-state index in [0.717, 1.165) is 55.5 Å². The number of benzene rings is 2. The van der Waals surface area contributed by atoms with Crippen molar-refractivity contribution in [2.45, 2.75) is 44.9 Å². The van der Waals surface area contributed by atoms with Crippen molar-refractivity contribution in [3.63, 3.8) is 0 Å². The van der Waals surface area contributed by atoms with Gasteiger partial charge in [-0.1, -0.05) is 13.0 Å². The summed E-state index contributed by atoms with van der Waals surface area (Å²) in [5.74, 6) is 0.402. The first-order valence-electron chi connectivity index (χ1n) is 13.4. The Labute approximate surface area is 220 Å². The summed E-state index contributed by atoms with van der Waals surface area (Å²) in [4.78, 5) is 21.1. The molecule has 6 rings (SSSR count). The number of tetrazole rings is 1. The molecule has 0 radical (unpaired) electrons. The second-order valence-corrected chi connectivity index (χ2v) is 10.1.